The summed E-state index contributed by atoms with van der Waals surface area (Å²) in [5, 5.41) is 6.44. The number of carbonyl (C=O) groups is 1. The van der Waals surface area contributed by atoms with Crippen molar-refractivity contribution in [3.63, 3.8) is 0 Å². The molecule has 0 aliphatic carbocycles. The monoisotopic (exact) mass is 274 g/mol. The van der Waals surface area contributed by atoms with Crippen LogP contribution in [0.3, 0.4) is 0 Å². The minimum absolute atomic E-state index is 0.110. The van der Waals surface area contributed by atoms with Crippen LogP contribution in [0, 0.1) is 5.92 Å². The fourth-order valence-corrected chi connectivity index (χ4v) is 3.02. The number of benzene rings is 1. The molecule has 4 nitrogen and oxygen atoms in total. The molecule has 108 valence electrons. The first-order valence-corrected chi connectivity index (χ1v) is 7.52. The first-order chi connectivity index (χ1) is 9.81. The molecule has 1 fully saturated rings. The van der Waals surface area contributed by atoms with Gasteiger partial charge in [-0.05, 0) is 49.9 Å². The molecule has 0 bridgehead atoms. The van der Waals surface area contributed by atoms with Gasteiger partial charge in [0.05, 0.1) is 6.04 Å². The molecule has 20 heavy (non-hydrogen) atoms. The third kappa shape index (κ3) is 3.31. The lowest BCUT2D eigenvalue weighted by molar-refractivity contribution is -0.122. The fourth-order valence-electron chi connectivity index (χ4n) is 3.02. The van der Waals surface area contributed by atoms with E-state index in [0.29, 0.717) is 18.9 Å². The molecular weight excluding hydrogens is 252 g/mol. The zero-order chi connectivity index (χ0) is 13.8. The summed E-state index contributed by atoms with van der Waals surface area (Å²) in [6.07, 6.45) is 3.69. The van der Waals surface area contributed by atoms with Crippen LogP contribution in [0.2, 0.25) is 0 Å². The van der Waals surface area contributed by atoms with Crippen molar-refractivity contribution in [3.05, 3.63) is 29.8 Å². The third-order valence-electron chi connectivity index (χ3n) is 4.19. The molecule has 2 aliphatic heterocycles. The van der Waals surface area contributed by atoms with Gasteiger partial charge < -0.3 is 15.4 Å². The number of ether oxygens (including phenoxy) is 1. The zero-order valence-electron chi connectivity index (χ0n) is 11.7. The molecule has 0 radical (unpaired) electrons. The standard InChI is InChI=1S/C16H22N2O2/c19-16(6-5-12-7-8-17-10-12)18-14-9-13-3-1-2-4-15(13)20-11-14/h1-4,12,14,17H,5-11H2,(H,18,19). The van der Waals surface area contributed by atoms with E-state index in [4.69, 9.17) is 4.74 Å². The highest BCUT2D eigenvalue weighted by Gasteiger charge is 2.22. The van der Waals surface area contributed by atoms with Gasteiger partial charge in [0.15, 0.2) is 0 Å². The van der Waals surface area contributed by atoms with Crippen LogP contribution < -0.4 is 15.4 Å². The number of hydrogen-bond acceptors (Lipinski definition) is 3. The van der Waals surface area contributed by atoms with Gasteiger partial charge in [-0.25, -0.2) is 0 Å². The van der Waals surface area contributed by atoms with E-state index in [1.54, 1.807) is 0 Å². The number of nitrogens with one attached hydrogen (secondary N) is 2. The number of carbonyl (C=O) groups excluding carboxylic acids is 1. The number of para-hydroxylation sites is 1. The first kappa shape index (κ1) is 13.4. The van der Waals surface area contributed by atoms with Crippen molar-refractivity contribution in [2.45, 2.75) is 31.7 Å². The van der Waals surface area contributed by atoms with E-state index in [0.717, 1.165) is 31.7 Å². The maximum atomic E-state index is 12.0. The van der Waals surface area contributed by atoms with Gasteiger partial charge in [-0.15, -0.1) is 0 Å². The summed E-state index contributed by atoms with van der Waals surface area (Å²) in [6, 6.07) is 8.16. The van der Waals surface area contributed by atoms with Crippen molar-refractivity contribution in [1.82, 2.24) is 10.6 Å². The minimum Gasteiger partial charge on any atom is -0.491 e. The van der Waals surface area contributed by atoms with Crippen LogP contribution in [0.4, 0.5) is 0 Å². The van der Waals surface area contributed by atoms with E-state index in [2.05, 4.69) is 16.7 Å². The largest absolute Gasteiger partial charge is 0.491 e. The van der Waals surface area contributed by atoms with Gasteiger partial charge in [0.25, 0.3) is 0 Å². The minimum atomic E-state index is 0.110. The lowest BCUT2D eigenvalue weighted by atomic mass is 10.0. The van der Waals surface area contributed by atoms with E-state index in [-0.39, 0.29) is 11.9 Å². The summed E-state index contributed by atoms with van der Waals surface area (Å²) >= 11 is 0. The van der Waals surface area contributed by atoms with Crippen LogP contribution in [0.25, 0.3) is 0 Å². The lowest BCUT2D eigenvalue weighted by Gasteiger charge is -2.26. The summed E-state index contributed by atoms with van der Waals surface area (Å²) in [4.78, 5) is 12.0. The molecule has 1 aromatic rings. The maximum Gasteiger partial charge on any atom is 0.220 e. The molecule has 2 atom stereocenters. The molecule has 2 unspecified atom stereocenters. The van der Waals surface area contributed by atoms with E-state index in [1.165, 1.54) is 12.0 Å². The van der Waals surface area contributed by atoms with Crippen molar-refractivity contribution in [2.75, 3.05) is 19.7 Å². The molecule has 2 heterocycles. The van der Waals surface area contributed by atoms with Crippen molar-refractivity contribution in [1.29, 1.82) is 0 Å². The van der Waals surface area contributed by atoms with Gasteiger partial charge in [-0.2, -0.15) is 0 Å². The normalized spacial score (nSPS) is 24.8. The van der Waals surface area contributed by atoms with Gasteiger partial charge in [-0.1, -0.05) is 18.2 Å². The van der Waals surface area contributed by atoms with Crippen LogP contribution in [0.5, 0.6) is 5.75 Å². The number of fused-ring (bicyclic) bond motifs is 1. The zero-order valence-corrected chi connectivity index (χ0v) is 11.7. The third-order valence-corrected chi connectivity index (χ3v) is 4.19. The Kier molecular flexibility index (Phi) is 4.21. The maximum absolute atomic E-state index is 12.0. The molecule has 2 N–H and O–H groups in total. The topological polar surface area (TPSA) is 50.4 Å². The Morgan fingerprint density at radius 1 is 1.40 bits per heavy atom. The molecule has 4 heteroatoms. The fraction of sp³-hybridized carbons (Fsp3) is 0.562. The Balaban J connectivity index is 1.45. The predicted octanol–water partition coefficient (Wildman–Crippen LogP) is 1.50. The summed E-state index contributed by atoms with van der Waals surface area (Å²) in [6.45, 7) is 2.74. The second-order valence-electron chi connectivity index (χ2n) is 5.78. The molecule has 0 aromatic heterocycles. The summed E-state index contributed by atoms with van der Waals surface area (Å²) < 4.78 is 5.69. The Morgan fingerprint density at radius 3 is 3.15 bits per heavy atom. The SMILES string of the molecule is O=C(CCC1CCNC1)NC1COc2ccccc2C1. The molecular formula is C16H22N2O2. The second-order valence-corrected chi connectivity index (χ2v) is 5.78. The van der Waals surface area contributed by atoms with Gasteiger partial charge in [0.1, 0.15) is 12.4 Å². The van der Waals surface area contributed by atoms with Gasteiger partial charge in [-0.3, -0.25) is 4.79 Å². The highest BCUT2D eigenvalue weighted by atomic mass is 16.5. The van der Waals surface area contributed by atoms with Gasteiger partial charge >= 0.3 is 0 Å². The average molecular weight is 274 g/mol. The van der Waals surface area contributed by atoms with Crippen LogP contribution in [0.15, 0.2) is 24.3 Å². The Bertz CT molecular complexity index is 469. The van der Waals surface area contributed by atoms with Crippen LogP contribution >= 0.6 is 0 Å². The number of hydrogen-bond donors (Lipinski definition) is 2. The Hall–Kier alpha value is -1.55. The van der Waals surface area contributed by atoms with E-state index in [1.807, 2.05) is 18.2 Å². The lowest BCUT2D eigenvalue weighted by Crippen LogP contribution is -2.42. The predicted molar refractivity (Wildman–Crippen MR) is 77.8 cm³/mol. The van der Waals surface area contributed by atoms with Crippen LogP contribution in [0.1, 0.15) is 24.8 Å². The summed E-state index contributed by atoms with van der Waals surface area (Å²) in [5.74, 6) is 1.78. The smallest absolute Gasteiger partial charge is 0.220 e. The number of rotatable bonds is 4. The van der Waals surface area contributed by atoms with Crippen LogP contribution in [-0.2, 0) is 11.2 Å². The average Bonchev–Trinajstić information content (AvgIpc) is 2.98. The highest BCUT2D eigenvalue weighted by Crippen LogP contribution is 2.24. The van der Waals surface area contributed by atoms with Crippen molar-refractivity contribution < 1.29 is 9.53 Å². The quantitative estimate of drug-likeness (QED) is 0.875. The van der Waals surface area contributed by atoms with E-state index < -0.39 is 0 Å². The second kappa shape index (κ2) is 6.27. The highest BCUT2D eigenvalue weighted by molar-refractivity contribution is 5.76. The van der Waals surface area contributed by atoms with Crippen molar-refractivity contribution in [2.24, 2.45) is 5.92 Å². The van der Waals surface area contributed by atoms with Gasteiger partial charge in [0, 0.05) is 6.42 Å². The van der Waals surface area contributed by atoms with Crippen LogP contribution in [-0.4, -0.2) is 31.6 Å². The molecule has 1 aromatic carbocycles. The molecule has 0 saturated carbocycles. The molecule has 0 spiro atoms. The Morgan fingerprint density at radius 2 is 2.30 bits per heavy atom. The van der Waals surface area contributed by atoms with Gasteiger partial charge in [0.2, 0.25) is 5.91 Å². The summed E-state index contributed by atoms with van der Waals surface area (Å²) in [7, 11) is 0. The van der Waals surface area contributed by atoms with E-state index >= 15 is 0 Å². The number of amides is 1. The summed E-state index contributed by atoms with van der Waals surface area (Å²) in [5.41, 5.74) is 1.18. The molecule has 1 amide bonds. The van der Waals surface area contributed by atoms with Crippen molar-refractivity contribution in [3.8, 4) is 5.75 Å². The molecule has 1 saturated heterocycles. The molecule has 3 rings (SSSR count). The Labute approximate surface area is 119 Å². The first-order valence-electron chi connectivity index (χ1n) is 7.52. The molecule has 2 aliphatic rings. The van der Waals surface area contributed by atoms with Crippen molar-refractivity contribution >= 4 is 5.91 Å². The van der Waals surface area contributed by atoms with E-state index in [9.17, 15) is 4.79 Å².